The highest BCUT2D eigenvalue weighted by Gasteiger charge is 2.44. The molecule has 1 fully saturated rings. The van der Waals surface area contributed by atoms with Gasteiger partial charge in [-0.15, -0.1) is 0 Å². The Balaban J connectivity index is 1.74. The third-order valence-corrected chi connectivity index (χ3v) is 5.33. The molecular formula is C21H23NO3. The van der Waals surface area contributed by atoms with Gasteiger partial charge in [0.15, 0.2) is 0 Å². The van der Waals surface area contributed by atoms with Gasteiger partial charge in [0, 0.05) is 13.1 Å². The number of hydrogen-bond acceptors (Lipinski definition) is 2. The summed E-state index contributed by atoms with van der Waals surface area (Å²) in [5, 5.41) is 9.85. The molecule has 25 heavy (non-hydrogen) atoms. The van der Waals surface area contributed by atoms with Crippen molar-refractivity contribution < 1.29 is 14.7 Å². The second-order valence-corrected chi connectivity index (χ2v) is 6.71. The van der Waals surface area contributed by atoms with Crippen molar-refractivity contribution in [2.75, 3.05) is 13.1 Å². The molecule has 0 spiro atoms. The van der Waals surface area contributed by atoms with Crippen LogP contribution in [-0.2, 0) is 15.0 Å². The number of aliphatic carboxylic acids is 1. The van der Waals surface area contributed by atoms with Crippen LogP contribution in [0.15, 0.2) is 60.7 Å². The Morgan fingerprint density at radius 3 is 2.00 bits per heavy atom. The molecule has 0 aliphatic carbocycles. The number of carboxylic acids is 1. The number of carbonyl (C=O) groups excluding carboxylic acids is 1. The summed E-state index contributed by atoms with van der Waals surface area (Å²) in [5.74, 6) is -0.949. The van der Waals surface area contributed by atoms with Crippen LogP contribution in [0.1, 0.15) is 36.8 Å². The summed E-state index contributed by atoms with van der Waals surface area (Å²) in [4.78, 5) is 26.6. The van der Waals surface area contributed by atoms with Crippen LogP contribution in [0.2, 0.25) is 0 Å². The third-order valence-electron chi connectivity index (χ3n) is 5.33. The number of rotatable bonds is 4. The molecule has 0 unspecified atom stereocenters. The van der Waals surface area contributed by atoms with E-state index in [9.17, 15) is 14.7 Å². The molecule has 130 valence electrons. The van der Waals surface area contributed by atoms with Crippen molar-refractivity contribution in [1.82, 2.24) is 4.90 Å². The minimum Gasteiger partial charge on any atom is -0.481 e. The van der Waals surface area contributed by atoms with Gasteiger partial charge in [-0.25, -0.2) is 0 Å². The van der Waals surface area contributed by atoms with Crippen molar-refractivity contribution in [3.63, 3.8) is 0 Å². The van der Waals surface area contributed by atoms with E-state index in [0.717, 1.165) is 11.1 Å². The second-order valence-electron chi connectivity index (χ2n) is 6.71. The SMILES string of the molecule is C[C@H](C(=O)N1CCC(C(=O)O)(c2ccccc2)CC1)c1ccccc1. The molecule has 1 amide bonds. The van der Waals surface area contributed by atoms with Crippen molar-refractivity contribution in [1.29, 1.82) is 0 Å². The van der Waals surface area contributed by atoms with Gasteiger partial charge in [0.25, 0.3) is 0 Å². The van der Waals surface area contributed by atoms with Crippen LogP contribution in [0.5, 0.6) is 0 Å². The standard InChI is InChI=1S/C21H23NO3/c1-16(17-8-4-2-5-9-17)19(23)22-14-12-21(13-15-22,20(24)25)18-10-6-3-7-11-18/h2-11,16H,12-15H2,1H3,(H,24,25)/t16-/m0/s1. The minimum absolute atomic E-state index is 0.0678. The maximum Gasteiger partial charge on any atom is 0.314 e. The van der Waals surface area contributed by atoms with Gasteiger partial charge in [-0.1, -0.05) is 60.7 Å². The van der Waals surface area contributed by atoms with Crippen LogP contribution in [-0.4, -0.2) is 35.0 Å². The van der Waals surface area contributed by atoms with Crippen LogP contribution < -0.4 is 0 Å². The lowest BCUT2D eigenvalue weighted by Crippen LogP contribution is -2.49. The molecule has 4 nitrogen and oxygen atoms in total. The van der Waals surface area contributed by atoms with E-state index in [1.807, 2.05) is 72.5 Å². The molecule has 1 N–H and O–H groups in total. The zero-order valence-electron chi connectivity index (χ0n) is 14.4. The topological polar surface area (TPSA) is 57.6 Å². The summed E-state index contributed by atoms with van der Waals surface area (Å²) in [6.07, 6.45) is 0.888. The van der Waals surface area contributed by atoms with Crippen molar-refractivity contribution in [2.24, 2.45) is 0 Å². The largest absolute Gasteiger partial charge is 0.481 e. The second kappa shape index (κ2) is 7.09. The molecule has 0 bridgehead atoms. The minimum atomic E-state index is -0.895. The first-order valence-electron chi connectivity index (χ1n) is 8.67. The van der Waals surface area contributed by atoms with Crippen LogP contribution in [0.4, 0.5) is 0 Å². The van der Waals surface area contributed by atoms with Gasteiger partial charge in [0.05, 0.1) is 11.3 Å². The highest BCUT2D eigenvalue weighted by molar-refractivity contribution is 5.85. The molecule has 1 saturated heterocycles. The monoisotopic (exact) mass is 337 g/mol. The zero-order valence-corrected chi connectivity index (χ0v) is 14.4. The zero-order chi connectivity index (χ0) is 17.9. The first kappa shape index (κ1) is 17.2. The molecule has 2 aromatic carbocycles. The highest BCUT2D eigenvalue weighted by Crippen LogP contribution is 2.36. The molecular weight excluding hydrogens is 314 g/mol. The predicted octanol–water partition coefficient (Wildman–Crippen LogP) is 3.44. The molecule has 1 heterocycles. The maximum absolute atomic E-state index is 12.8. The lowest BCUT2D eigenvalue weighted by atomic mass is 9.72. The van der Waals surface area contributed by atoms with Crippen LogP contribution in [0.3, 0.4) is 0 Å². The van der Waals surface area contributed by atoms with Crippen molar-refractivity contribution in [2.45, 2.75) is 31.1 Å². The summed E-state index contributed by atoms with van der Waals surface area (Å²) in [6.45, 7) is 2.85. The normalized spacial score (nSPS) is 17.7. The Bertz CT molecular complexity index is 734. The number of carbonyl (C=O) groups is 2. The van der Waals surface area contributed by atoms with E-state index in [-0.39, 0.29) is 11.8 Å². The number of hydrogen-bond donors (Lipinski definition) is 1. The van der Waals surface area contributed by atoms with E-state index in [1.54, 1.807) is 0 Å². The molecule has 4 heteroatoms. The van der Waals surface area contributed by atoms with Crippen LogP contribution >= 0.6 is 0 Å². The van der Waals surface area contributed by atoms with Gasteiger partial charge in [-0.2, -0.15) is 0 Å². The number of carboxylic acid groups (broad SMARTS) is 1. The molecule has 3 rings (SSSR count). The smallest absolute Gasteiger partial charge is 0.314 e. The van der Waals surface area contributed by atoms with Gasteiger partial charge < -0.3 is 10.0 Å². The molecule has 0 saturated carbocycles. The fourth-order valence-electron chi connectivity index (χ4n) is 3.65. The van der Waals surface area contributed by atoms with Crippen molar-refractivity contribution in [3.8, 4) is 0 Å². The van der Waals surface area contributed by atoms with Crippen molar-refractivity contribution in [3.05, 3.63) is 71.8 Å². The average Bonchev–Trinajstić information content (AvgIpc) is 2.68. The van der Waals surface area contributed by atoms with Gasteiger partial charge in [0.2, 0.25) is 5.91 Å². The van der Waals surface area contributed by atoms with E-state index in [4.69, 9.17) is 0 Å². The van der Waals surface area contributed by atoms with E-state index in [1.165, 1.54) is 0 Å². The lowest BCUT2D eigenvalue weighted by molar-refractivity contribution is -0.148. The Morgan fingerprint density at radius 1 is 0.960 bits per heavy atom. The number of likely N-dealkylation sites (tertiary alicyclic amines) is 1. The fraction of sp³-hybridized carbons (Fsp3) is 0.333. The van der Waals surface area contributed by atoms with Crippen molar-refractivity contribution >= 4 is 11.9 Å². The van der Waals surface area contributed by atoms with Gasteiger partial charge in [-0.05, 0) is 30.9 Å². The molecule has 2 aromatic rings. The number of piperidine rings is 1. The van der Waals surface area contributed by atoms with Gasteiger partial charge in [-0.3, -0.25) is 9.59 Å². The fourth-order valence-corrected chi connectivity index (χ4v) is 3.65. The number of benzene rings is 2. The summed E-state index contributed by atoms with van der Waals surface area (Å²) in [6, 6.07) is 19.1. The van der Waals surface area contributed by atoms with E-state index >= 15 is 0 Å². The Morgan fingerprint density at radius 2 is 1.48 bits per heavy atom. The summed E-state index contributed by atoms with van der Waals surface area (Å²) >= 11 is 0. The van der Waals surface area contributed by atoms with E-state index < -0.39 is 11.4 Å². The highest BCUT2D eigenvalue weighted by atomic mass is 16.4. The average molecular weight is 337 g/mol. The van der Waals surface area contributed by atoms with Gasteiger partial charge in [0.1, 0.15) is 0 Å². The molecule has 1 aliphatic heterocycles. The van der Waals surface area contributed by atoms with E-state index in [0.29, 0.717) is 25.9 Å². The Hall–Kier alpha value is -2.62. The number of nitrogens with zero attached hydrogens (tertiary/aromatic N) is 1. The third kappa shape index (κ3) is 3.29. The summed E-state index contributed by atoms with van der Waals surface area (Å²) in [7, 11) is 0. The first-order valence-corrected chi connectivity index (χ1v) is 8.67. The summed E-state index contributed by atoms with van der Waals surface area (Å²) < 4.78 is 0. The number of amides is 1. The summed E-state index contributed by atoms with van der Waals surface area (Å²) in [5.41, 5.74) is 0.921. The molecule has 1 aliphatic rings. The Kier molecular flexibility index (Phi) is 4.88. The van der Waals surface area contributed by atoms with Crippen LogP contribution in [0.25, 0.3) is 0 Å². The van der Waals surface area contributed by atoms with Crippen LogP contribution in [0, 0.1) is 0 Å². The first-order chi connectivity index (χ1) is 12.0. The molecule has 1 atom stereocenters. The quantitative estimate of drug-likeness (QED) is 0.930. The van der Waals surface area contributed by atoms with E-state index in [2.05, 4.69) is 0 Å². The molecule has 0 radical (unpaired) electrons. The Labute approximate surface area is 148 Å². The van der Waals surface area contributed by atoms with Gasteiger partial charge >= 0.3 is 5.97 Å². The maximum atomic E-state index is 12.8. The molecule has 0 aromatic heterocycles. The predicted molar refractivity (Wildman–Crippen MR) is 96.4 cm³/mol. The lowest BCUT2D eigenvalue weighted by Gasteiger charge is -2.40.